The molecule has 1 rings (SSSR count). The van der Waals surface area contributed by atoms with Crippen LogP contribution in [0.4, 0.5) is 0 Å². The van der Waals surface area contributed by atoms with Crippen LogP contribution in [0, 0.1) is 12.3 Å². The highest BCUT2D eigenvalue weighted by molar-refractivity contribution is 4.84. The molecule has 0 aromatic heterocycles. The Morgan fingerprint density at radius 3 is 3.00 bits per heavy atom. The van der Waals surface area contributed by atoms with Gasteiger partial charge in [-0.05, 0) is 38.9 Å². The smallest absolute Gasteiger partial charge is 0.0221 e. The highest BCUT2D eigenvalue weighted by Crippen LogP contribution is 2.10. The van der Waals surface area contributed by atoms with Gasteiger partial charge in [-0.2, -0.15) is 0 Å². The van der Waals surface area contributed by atoms with Crippen LogP contribution in [0.5, 0.6) is 0 Å². The van der Waals surface area contributed by atoms with Gasteiger partial charge in [0.1, 0.15) is 0 Å². The van der Waals surface area contributed by atoms with Gasteiger partial charge in [-0.15, -0.1) is 12.3 Å². The van der Waals surface area contributed by atoms with E-state index in [-0.39, 0.29) is 0 Å². The second-order valence-corrected chi connectivity index (χ2v) is 3.94. The van der Waals surface area contributed by atoms with Crippen molar-refractivity contribution in [2.24, 2.45) is 0 Å². The van der Waals surface area contributed by atoms with Gasteiger partial charge in [0.25, 0.3) is 0 Å². The Kier molecular flexibility index (Phi) is 5.66. The largest absolute Gasteiger partial charge is 0.315 e. The molecule has 1 aliphatic heterocycles. The molecule has 1 fully saturated rings. The summed E-state index contributed by atoms with van der Waals surface area (Å²) in [4.78, 5) is 2.56. The molecule has 0 spiro atoms. The molecule has 0 bridgehead atoms. The molecule has 2 heteroatoms. The summed E-state index contributed by atoms with van der Waals surface area (Å²) >= 11 is 0. The zero-order valence-electron chi connectivity index (χ0n) is 9.26. The first kappa shape index (κ1) is 11.6. The number of hydrogen-bond donors (Lipinski definition) is 1. The fraction of sp³-hybridized carbons (Fsp3) is 0.833. The molecule has 0 radical (unpaired) electrons. The highest BCUT2D eigenvalue weighted by Gasteiger charge is 2.18. The second kappa shape index (κ2) is 6.86. The molecule has 1 N–H and O–H groups in total. The molecule has 1 unspecified atom stereocenters. The van der Waals surface area contributed by atoms with Crippen molar-refractivity contribution < 1.29 is 0 Å². The molecule has 1 aliphatic rings. The number of unbranched alkanes of at least 4 members (excludes halogenated alkanes) is 1. The predicted molar refractivity (Wildman–Crippen MR) is 61.2 cm³/mol. The zero-order valence-corrected chi connectivity index (χ0v) is 9.26. The molecule has 0 amide bonds. The summed E-state index contributed by atoms with van der Waals surface area (Å²) in [5, 5.41) is 3.46. The second-order valence-electron chi connectivity index (χ2n) is 3.94. The van der Waals surface area contributed by atoms with E-state index in [1.165, 1.54) is 19.4 Å². The molecule has 14 heavy (non-hydrogen) atoms. The number of likely N-dealkylation sites (N-methyl/N-ethyl adjacent to an activating group) is 1. The lowest BCUT2D eigenvalue weighted by Gasteiger charge is -2.33. The van der Waals surface area contributed by atoms with Crippen molar-refractivity contribution in [2.75, 3.05) is 26.2 Å². The normalized spacial score (nSPS) is 22.2. The summed E-state index contributed by atoms with van der Waals surface area (Å²) in [5.74, 6) is 2.71. The van der Waals surface area contributed by atoms with Crippen molar-refractivity contribution in [1.29, 1.82) is 0 Å². The lowest BCUT2D eigenvalue weighted by molar-refractivity contribution is 0.173. The average Bonchev–Trinajstić information content (AvgIpc) is 2.26. The fourth-order valence-electron chi connectivity index (χ4n) is 2.13. The van der Waals surface area contributed by atoms with Crippen molar-refractivity contribution in [3.8, 4) is 12.3 Å². The molecule has 1 heterocycles. The number of terminal acetylenes is 1. The van der Waals surface area contributed by atoms with E-state index in [2.05, 4.69) is 23.1 Å². The molecular weight excluding hydrogens is 172 g/mol. The third kappa shape index (κ3) is 3.69. The molecule has 0 aromatic rings. The number of piperidine rings is 1. The zero-order chi connectivity index (χ0) is 10.2. The van der Waals surface area contributed by atoms with E-state index in [9.17, 15) is 0 Å². The maximum absolute atomic E-state index is 5.25. The summed E-state index contributed by atoms with van der Waals surface area (Å²) < 4.78 is 0. The van der Waals surface area contributed by atoms with E-state index in [1.54, 1.807) is 0 Å². The Hall–Kier alpha value is -0.520. The number of nitrogens with one attached hydrogen (secondary N) is 1. The summed E-state index contributed by atoms with van der Waals surface area (Å²) in [6, 6.07) is 0.742. The Balaban J connectivity index is 2.25. The van der Waals surface area contributed by atoms with E-state index < -0.39 is 0 Å². The minimum absolute atomic E-state index is 0.742. The average molecular weight is 194 g/mol. The summed E-state index contributed by atoms with van der Waals surface area (Å²) in [7, 11) is 0. The molecular formula is C12H22N2. The van der Waals surface area contributed by atoms with Crippen LogP contribution in [0.1, 0.15) is 32.6 Å². The van der Waals surface area contributed by atoms with Gasteiger partial charge in [0.2, 0.25) is 0 Å². The molecule has 1 atom stereocenters. The van der Waals surface area contributed by atoms with Crippen LogP contribution in [0.15, 0.2) is 0 Å². The maximum atomic E-state index is 5.25. The van der Waals surface area contributed by atoms with Crippen LogP contribution >= 0.6 is 0 Å². The van der Waals surface area contributed by atoms with E-state index in [0.717, 1.165) is 38.5 Å². The lowest BCUT2D eigenvalue weighted by atomic mass is 10.1. The van der Waals surface area contributed by atoms with Crippen LogP contribution in [0.25, 0.3) is 0 Å². The minimum atomic E-state index is 0.742. The van der Waals surface area contributed by atoms with Gasteiger partial charge in [0.05, 0.1) is 0 Å². The molecule has 80 valence electrons. The first-order chi connectivity index (χ1) is 6.88. The van der Waals surface area contributed by atoms with Gasteiger partial charge in [0.15, 0.2) is 0 Å². The first-order valence-corrected chi connectivity index (χ1v) is 5.76. The van der Waals surface area contributed by atoms with Crippen LogP contribution in [0.2, 0.25) is 0 Å². The number of rotatable bonds is 5. The lowest BCUT2D eigenvalue weighted by Crippen LogP contribution is -2.46. The van der Waals surface area contributed by atoms with E-state index >= 15 is 0 Å². The summed E-state index contributed by atoms with van der Waals surface area (Å²) in [6.45, 7) is 6.90. The van der Waals surface area contributed by atoms with Crippen LogP contribution in [-0.2, 0) is 0 Å². The van der Waals surface area contributed by atoms with Crippen molar-refractivity contribution >= 4 is 0 Å². The first-order valence-electron chi connectivity index (χ1n) is 5.76. The standard InChI is InChI=1S/C12H22N2/c1-3-5-6-10-14(4-2)12-8-7-9-13-11-12/h1,12-13H,4-11H2,2H3. The van der Waals surface area contributed by atoms with E-state index in [4.69, 9.17) is 6.42 Å². The van der Waals surface area contributed by atoms with Crippen molar-refractivity contribution in [3.05, 3.63) is 0 Å². The minimum Gasteiger partial charge on any atom is -0.315 e. The molecule has 0 aliphatic carbocycles. The Morgan fingerprint density at radius 2 is 2.43 bits per heavy atom. The Labute approximate surface area is 88.1 Å². The fourth-order valence-corrected chi connectivity index (χ4v) is 2.13. The SMILES string of the molecule is C#CCCCN(CC)C1CCCNC1. The van der Waals surface area contributed by atoms with Gasteiger partial charge in [-0.3, -0.25) is 4.90 Å². The molecule has 1 saturated heterocycles. The molecule has 0 aromatic carbocycles. The maximum Gasteiger partial charge on any atom is 0.0221 e. The van der Waals surface area contributed by atoms with E-state index in [0.29, 0.717) is 0 Å². The number of nitrogens with zero attached hydrogens (tertiary/aromatic N) is 1. The quantitative estimate of drug-likeness (QED) is 0.527. The van der Waals surface area contributed by atoms with Gasteiger partial charge >= 0.3 is 0 Å². The molecule has 2 nitrogen and oxygen atoms in total. The Morgan fingerprint density at radius 1 is 1.57 bits per heavy atom. The van der Waals surface area contributed by atoms with Gasteiger partial charge in [0, 0.05) is 19.0 Å². The van der Waals surface area contributed by atoms with Gasteiger partial charge in [-0.25, -0.2) is 0 Å². The summed E-state index contributed by atoms with van der Waals surface area (Å²) in [5.41, 5.74) is 0. The van der Waals surface area contributed by atoms with Crippen LogP contribution in [-0.4, -0.2) is 37.1 Å². The third-order valence-corrected chi connectivity index (χ3v) is 2.96. The highest BCUT2D eigenvalue weighted by atomic mass is 15.2. The van der Waals surface area contributed by atoms with Crippen molar-refractivity contribution in [2.45, 2.75) is 38.6 Å². The van der Waals surface area contributed by atoms with Crippen LogP contribution in [0.3, 0.4) is 0 Å². The van der Waals surface area contributed by atoms with Crippen molar-refractivity contribution in [1.82, 2.24) is 10.2 Å². The predicted octanol–water partition coefficient (Wildman–Crippen LogP) is 1.47. The Bertz CT molecular complexity index is 177. The molecule has 0 saturated carbocycles. The summed E-state index contributed by atoms with van der Waals surface area (Å²) in [6.07, 6.45) is 9.97. The van der Waals surface area contributed by atoms with Crippen molar-refractivity contribution in [3.63, 3.8) is 0 Å². The van der Waals surface area contributed by atoms with Crippen LogP contribution < -0.4 is 5.32 Å². The van der Waals surface area contributed by atoms with E-state index in [1.807, 2.05) is 0 Å². The monoisotopic (exact) mass is 194 g/mol. The van der Waals surface area contributed by atoms with Gasteiger partial charge < -0.3 is 5.32 Å². The third-order valence-electron chi connectivity index (χ3n) is 2.96. The number of hydrogen-bond acceptors (Lipinski definition) is 2. The van der Waals surface area contributed by atoms with Gasteiger partial charge in [-0.1, -0.05) is 6.92 Å². The topological polar surface area (TPSA) is 15.3 Å².